The summed E-state index contributed by atoms with van der Waals surface area (Å²) in [6, 6.07) is 7.44. The minimum Gasteiger partial charge on any atom is -0.316 e. The van der Waals surface area contributed by atoms with Gasteiger partial charge in [0, 0.05) is 17.7 Å². The number of hydrogen-bond donors (Lipinski definition) is 1. The second kappa shape index (κ2) is 6.35. The fraction of sp³-hybridized carbons (Fsp3) is 0.625. The largest absolute Gasteiger partial charge is 0.316 e. The van der Waals surface area contributed by atoms with Gasteiger partial charge in [-0.3, -0.25) is 10.1 Å². The summed E-state index contributed by atoms with van der Waals surface area (Å²) in [6.45, 7) is 2.25. The molecule has 1 aliphatic carbocycles. The highest BCUT2D eigenvalue weighted by Gasteiger charge is 2.39. The molecule has 0 aromatic heterocycles. The molecular formula is C16H24N2O2. The Hall–Kier alpha value is -1.42. The summed E-state index contributed by atoms with van der Waals surface area (Å²) in [4.78, 5) is 10.9. The molecule has 0 bridgehead atoms. The van der Waals surface area contributed by atoms with E-state index < -0.39 is 0 Å². The zero-order valence-electron chi connectivity index (χ0n) is 12.4. The van der Waals surface area contributed by atoms with E-state index in [1.54, 1.807) is 12.1 Å². The molecule has 20 heavy (non-hydrogen) atoms. The number of nitrogens with one attached hydrogen (secondary N) is 1. The highest BCUT2D eigenvalue weighted by molar-refractivity contribution is 5.40. The first kappa shape index (κ1) is 15.0. The predicted octanol–water partition coefficient (Wildman–Crippen LogP) is 3.70. The van der Waals surface area contributed by atoms with Gasteiger partial charge >= 0.3 is 0 Å². The van der Waals surface area contributed by atoms with Crippen molar-refractivity contribution in [2.45, 2.75) is 51.5 Å². The van der Waals surface area contributed by atoms with Crippen LogP contribution >= 0.6 is 0 Å². The lowest BCUT2D eigenvalue weighted by atomic mass is 9.74. The maximum atomic E-state index is 11.1. The number of para-hydroxylation sites is 1. The van der Waals surface area contributed by atoms with Gasteiger partial charge in [0.05, 0.1) is 4.92 Å². The van der Waals surface area contributed by atoms with Gasteiger partial charge in [-0.05, 0) is 38.1 Å². The molecule has 0 radical (unpaired) electrons. The van der Waals surface area contributed by atoms with Crippen LogP contribution in [0.2, 0.25) is 0 Å². The number of rotatable bonds is 6. The van der Waals surface area contributed by atoms with E-state index in [-0.39, 0.29) is 10.6 Å². The highest BCUT2D eigenvalue weighted by Crippen LogP contribution is 2.45. The van der Waals surface area contributed by atoms with Gasteiger partial charge in [-0.2, -0.15) is 0 Å². The standard InChI is InChI=1S/C16H24N2O2/c1-3-16(10-6-7-11-16)15(17-2)12-13-8-4-5-9-14(13)18(19)20/h4-5,8-9,15,17H,3,6-7,10-12H2,1-2H3. The molecule has 0 saturated heterocycles. The Bertz CT molecular complexity index is 467. The van der Waals surface area contributed by atoms with Crippen molar-refractivity contribution in [3.05, 3.63) is 39.9 Å². The van der Waals surface area contributed by atoms with E-state index >= 15 is 0 Å². The first-order chi connectivity index (χ1) is 9.63. The van der Waals surface area contributed by atoms with Crippen molar-refractivity contribution in [3.8, 4) is 0 Å². The van der Waals surface area contributed by atoms with Crippen molar-refractivity contribution >= 4 is 5.69 Å². The molecule has 1 fully saturated rings. The molecule has 0 spiro atoms. The Morgan fingerprint density at radius 2 is 2.00 bits per heavy atom. The Balaban J connectivity index is 2.24. The van der Waals surface area contributed by atoms with E-state index in [0.29, 0.717) is 11.5 Å². The Morgan fingerprint density at radius 1 is 1.35 bits per heavy atom. The monoisotopic (exact) mass is 276 g/mol. The molecule has 0 heterocycles. The molecule has 0 aliphatic heterocycles. The smallest absolute Gasteiger partial charge is 0.272 e. The van der Waals surface area contributed by atoms with Crippen molar-refractivity contribution < 1.29 is 4.92 Å². The van der Waals surface area contributed by atoms with E-state index in [1.165, 1.54) is 25.7 Å². The zero-order chi connectivity index (χ0) is 14.6. The maximum Gasteiger partial charge on any atom is 0.272 e. The van der Waals surface area contributed by atoms with Crippen LogP contribution in [0.15, 0.2) is 24.3 Å². The van der Waals surface area contributed by atoms with Crippen molar-refractivity contribution in [2.75, 3.05) is 7.05 Å². The van der Waals surface area contributed by atoms with Gasteiger partial charge in [0.15, 0.2) is 0 Å². The first-order valence-electron chi connectivity index (χ1n) is 7.52. The average Bonchev–Trinajstić information content (AvgIpc) is 2.95. The molecule has 4 nitrogen and oxygen atoms in total. The van der Waals surface area contributed by atoms with Gasteiger partial charge in [-0.1, -0.05) is 38.0 Å². The third-order valence-corrected chi connectivity index (χ3v) is 5.00. The molecule has 1 atom stereocenters. The fourth-order valence-corrected chi connectivity index (χ4v) is 3.73. The quantitative estimate of drug-likeness (QED) is 0.636. The van der Waals surface area contributed by atoms with Gasteiger partial charge < -0.3 is 5.32 Å². The van der Waals surface area contributed by atoms with E-state index in [2.05, 4.69) is 12.2 Å². The van der Waals surface area contributed by atoms with E-state index in [4.69, 9.17) is 0 Å². The number of nitro benzene ring substituents is 1. The van der Waals surface area contributed by atoms with Crippen molar-refractivity contribution in [2.24, 2.45) is 5.41 Å². The van der Waals surface area contributed by atoms with E-state index in [1.807, 2.05) is 19.2 Å². The molecule has 1 aromatic rings. The van der Waals surface area contributed by atoms with Gasteiger partial charge in [-0.15, -0.1) is 0 Å². The Kier molecular flexibility index (Phi) is 4.76. The first-order valence-corrected chi connectivity index (χ1v) is 7.52. The molecule has 1 unspecified atom stereocenters. The third-order valence-electron chi connectivity index (χ3n) is 5.00. The summed E-state index contributed by atoms with van der Waals surface area (Å²) in [5.74, 6) is 0. The Labute approximate surface area is 120 Å². The predicted molar refractivity (Wildman–Crippen MR) is 80.8 cm³/mol. The summed E-state index contributed by atoms with van der Waals surface area (Å²) in [6.07, 6.45) is 6.90. The second-order valence-electron chi connectivity index (χ2n) is 5.85. The van der Waals surface area contributed by atoms with Crippen LogP contribution in [-0.2, 0) is 6.42 Å². The second-order valence-corrected chi connectivity index (χ2v) is 5.85. The molecule has 110 valence electrons. The van der Waals surface area contributed by atoms with Crippen LogP contribution in [0.4, 0.5) is 5.69 Å². The number of likely N-dealkylation sites (N-methyl/N-ethyl adjacent to an activating group) is 1. The lowest BCUT2D eigenvalue weighted by Gasteiger charge is -2.37. The van der Waals surface area contributed by atoms with Crippen molar-refractivity contribution in [1.82, 2.24) is 5.32 Å². The lowest BCUT2D eigenvalue weighted by Crippen LogP contribution is -2.43. The molecule has 1 saturated carbocycles. The maximum absolute atomic E-state index is 11.1. The van der Waals surface area contributed by atoms with E-state index in [9.17, 15) is 10.1 Å². The highest BCUT2D eigenvalue weighted by atomic mass is 16.6. The van der Waals surface area contributed by atoms with Crippen LogP contribution in [-0.4, -0.2) is 18.0 Å². The van der Waals surface area contributed by atoms with Crippen molar-refractivity contribution in [1.29, 1.82) is 0 Å². The molecule has 0 amide bonds. The van der Waals surface area contributed by atoms with Crippen LogP contribution < -0.4 is 5.32 Å². The van der Waals surface area contributed by atoms with Crippen LogP contribution in [0.5, 0.6) is 0 Å². The lowest BCUT2D eigenvalue weighted by molar-refractivity contribution is -0.385. The summed E-state index contributed by atoms with van der Waals surface area (Å²) in [5.41, 5.74) is 1.40. The van der Waals surface area contributed by atoms with Gasteiger partial charge in [0.1, 0.15) is 0 Å². The Morgan fingerprint density at radius 3 is 2.55 bits per heavy atom. The van der Waals surface area contributed by atoms with Crippen molar-refractivity contribution in [3.63, 3.8) is 0 Å². The average molecular weight is 276 g/mol. The minimum atomic E-state index is -0.269. The summed E-state index contributed by atoms with van der Waals surface area (Å²) in [5, 5.41) is 14.6. The van der Waals surface area contributed by atoms with E-state index in [0.717, 1.165) is 18.4 Å². The van der Waals surface area contributed by atoms with Gasteiger partial charge in [0.2, 0.25) is 0 Å². The molecule has 2 rings (SSSR count). The van der Waals surface area contributed by atoms with Crippen LogP contribution in [0.1, 0.15) is 44.6 Å². The zero-order valence-corrected chi connectivity index (χ0v) is 12.4. The number of nitrogens with zero attached hydrogens (tertiary/aromatic N) is 1. The number of nitro groups is 1. The van der Waals surface area contributed by atoms with Crippen LogP contribution in [0.25, 0.3) is 0 Å². The van der Waals surface area contributed by atoms with Gasteiger partial charge in [-0.25, -0.2) is 0 Å². The van der Waals surface area contributed by atoms with Crippen LogP contribution in [0, 0.1) is 15.5 Å². The molecule has 1 aromatic carbocycles. The number of benzene rings is 1. The minimum absolute atomic E-state index is 0.247. The summed E-state index contributed by atoms with van der Waals surface area (Å²) >= 11 is 0. The molecule has 1 N–H and O–H groups in total. The summed E-state index contributed by atoms with van der Waals surface area (Å²) < 4.78 is 0. The SMILES string of the molecule is CCC1(C(Cc2ccccc2[N+](=O)[O-])NC)CCCC1. The van der Waals surface area contributed by atoms with Crippen LogP contribution in [0.3, 0.4) is 0 Å². The molecular weight excluding hydrogens is 252 g/mol. The number of hydrogen-bond acceptors (Lipinski definition) is 3. The fourth-order valence-electron chi connectivity index (χ4n) is 3.73. The summed E-state index contributed by atoms with van der Waals surface area (Å²) in [7, 11) is 1.98. The normalized spacial score (nSPS) is 18.9. The molecule has 4 heteroatoms. The van der Waals surface area contributed by atoms with Gasteiger partial charge in [0.25, 0.3) is 5.69 Å². The topological polar surface area (TPSA) is 55.2 Å². The third kappa shape index (κ3) is 2.85. The molecule has 1 aliphatic rings.